The Hall–Kier alpha value is 1.57. The van der Waals surface area contributed by atoms with E-state index in [-0.39, 0.29) is 0 Å². The van der Waals surface area contributed by atoms with Crippen molar-refractivity contribution in [3.8, 4) is 0 Å². The van der Waals surface area contributed by atoms with Gasteiger partial charge in [-0.05, 0) is 12.5 Å². The Bertz CT molecular complexity index is 82.4. The molecule has 0 radical (unpaired) electrons. The summed E-state index contributed by atoms with van der Waals surface area (Å²) < 4.78 is 0. The van der Waals surface area contributed by atoms with Crippen molar-refractivity contribution in [3.05, 3.63) is 0 Å². The van der Waals surface area contributed by atoms with Gasteiger partial charge in [0.1, 0.15) is 0 Å². The minimum Gasteiger partial charge on any atom is -0.126 e. The lowest BCUT2D eigenvalue weighted by Crippen LogP contribution is -2.14. The van der Waals surface area contributed by atoms with E-state index in [0.717, 1.165) is 6.42 Å². The number of hydrogen-bond donors (Lipinski definition) is 0. The Morgan fingerprint density at radius 2 is 1.89 bits per heavy atom. The minimum atomic E-state index is -2.37. The fourth-order valence-electron chi connectivity index (χ4n) is 0.395. The first-order valence-electron chi connectivity index (χ1n) is 2.66. The molecule has 0 aliphatic carbocycles. The standard InChI is InChI=1S/C4H8BrCl3Si/c1-2-4(5)3-9(6,7)8/h4H,2-3H2,1H3. The maximum atomic E-state index is 5.65. The molecule has 5 heteroatoms. The third-order valence-electron chi connectivity index (χ3n) is 0.896. The van der Waals surface area contributed by atoms with Crippen LogP contribution >= 0.6 is 49.2 Å². The molecule has 0 amide bonds. The Morgan fingerprint density at radius 1 is 1.44 bits per heavy atom. The summed E-state index contributed by atoms with van der Waals surface area (Å²) in [6, 6.07) is -1.67. The predicted octanol–water partition coefficient (Wildman–Crippen LogP) is 3.82. The fraction of sp³-hybridized carbons (Fsp3) is 1.00. The highest BCUT2D eigenvalue weighted by Crippen LogP contribution is 2.30. The molecule has 0 aromatic heterocycles. The molecular weight excluding hydrogens is 262 g/mol. The molecule has 0 fully saturated rings. The highest BCUT2D eigenvalue weighted by atomic mass is 79.9. The zero-order valence-corrected chi connectivity index (χ0v) is 9.86. The van der Waals surface area contributed by atoms with Crippen molar-refractivity contribution in [3.63, 3.8) is 0 Å². The van der Waals surface area contributed by atoms with E-state index in [1.807, 2.05) is 0 Å². The molecule has 0 saturated carbocycles. The molecule has 1 unspecified atom stereocenters. The lowest BCUT2D eigenvalue weighted by molar-refractivity contribution is 0.915. The lowest BCUT2D eigenvalue weighted by atomic mass is 10.4. The molecular formula is C4H8BrCl3Si. The second kappa shape index (κ2) is 4.45. The van der Waals surface area contributed by atoms with Crippen LogP contribution in [0.3, 0.4) is 0 Å². The van der Waals surface area contributed by atoms with Gasteiger partial charge in [0.05, 0.1) is 0 Å². The van der Waals surface area contributed by atoms with Gasteiger partial charge >= 0.3 is 6.00 Å². The summed E-state index contributed by atoms with van der Waals surface area (Å²) in [5, 5.41) is 0. The van der Waals surface area contributed by atoms with Crippen LogP contribution in [-0.4, -0.2) is 10.8 Å². The Kier molecular flexibility index (Phi) is 5.22. The number of rotatable bonds is 3. The maximum absolute atomic E-state index is 5.65. The monoisotopic (exact) mass is 268 g/mol. The van der Waals surface area contributed by atoms with E-state index in [9.17, 15) is 0 Å². The van der Waals surface area contributed by atoms with Crippen LogP contribution < -0.4 is 0 Å². The van der Waals surface area contributed by atoms with Gasteiger partial charge in [0, 0.05) is 4.83 Å². The van der Waals surface area contributed by atoms with Gasteiger partial charge in [-0.15, -0.1) is 33.2 Å². The van der Waals surface area contributed by atoms with Crippen LogP contribution in [0.25, 0.3) is 0 Å². The summed E-state index contributed by atoms with van der Waals surface area (Å²) in [7, 11) is 0. The van der Waals surface area contributed by atoms with E-state index in [2.05, 4.69) is 22.9 Å². The van der Waals surface area contributed by atoms with Crippen LogP contribution in [0.1, 0.15) is 13.3 Å². The molecule has 0 aromatic rings. The molecule has 0 spiro atoms. The van der Waals surface area contributed by atoms with Crippen LogP contribution in [0.15, 0.2) is 0 Å². The van der Waals surface area contributed by atoms with Crippen LogP contribution in [0.4, 0.5) is 0 Å². The topological polar surface area (TPSA) is 0 Å². The highest BCUT2D eigenvalue weighted by Gasteiger charge is 2.27. The quantitative estimate of drug-likeness (QED) is 0.415. The van der Waals surface area contributed by atoms with Gasteiger partial charge in [0.2, 0.25) is 0 Å². The molecule has 0 rings (SSSR count). The average molecular weight is 270 g/mol. The van der Waals surface area contributed by atoms with Gasteiger partial charge in [-0.3, -0.25) is 0 Å². The van der Waals surface area contributed by atoms with Crippen molar-refractivity contribution in [2.75, 3.05) is 0 Å². The van der Waals surface area contributed by atoms with Gasteiger partial charge < -0.3 is 0 Å². The zero-order valence-electron chi connectivity index (χ0n) is 5.00. The minimum absolute atomic E-state index is 0.372. The van der Waals surface area contributed by atoms with Gasteiger partial charge in [-0.1, -0.05) is 22.9 Å². The van der Waals surface area contributed by atoms with Crippen LogP contribution in [0, 0.1) is 0 Å². The first-order valence-corrected chi connectivity index (χ1v) is 8.82. The van der Waals surface area contributed by atoms with Crippen molar-refractivity contribution in [1.82, 2.24) is 0 Å². The number of hydrogen-bond acceptors (Lipinski definition) is 0. The van der Waals surface area contributed by atoms with Crippen molar-refractivity contribution in [1.29, 1.82) is 0 Å². The molecule has 0 N–H and O–H groups in total. The highest BCUT2D eigenvalue weighted by molar-refractivity contribution is 9.09. The molecule has 0 bridgehead atoms. The lowest BCUT2D eigenvalue weighted by Gasteiger charge is -2.10. The molecule has 9 heavy (non-hydrogen) atoms. The molecule has 0 nitrogen and oxygen atoms in total. The third kappa shape index (κ3) is 7.46. The van der Waals surface area contributed by atoms with Crippen molar-refractivity contribution < 1.29 is 0 Å². The van der Waals surface area contributed by atoms with E-state index in [0.29, 0.717) is 10.9 Å². The molecule has 0 aromatic carbocycles. The second-order valence-electron chi connectivity index (χ2n) is 1.82. The second-order valence-corrected chi connectivity index (χ2v) is 12.3. The number of halogens is 4. The zero-order chi connectivity index (χ0) is 7.49. The molecule has 0 aliphatic rings. The predicted molar refractivity (Wildman–Crippen MR) is 51.1 cm³/mol. The van der Waals surface area contributed by atoms with Crippen LogP contribution in [-0.2, 0) is 0 Å². The van der Waals surface area contributed by atoms with E-state index in [1.54, 1.807) is 0 Å². The normalized spacial score (nSPS) is 15.7. The van der Waals surface area contributed by atoms with Crippen LogP contribution in [0.5, 0.6) is 0 Å². The fourth-order valence-corrected chi connectivity index (χ4v) is 6.00. The molecule has 0 saturated heterocycles. The largest absolute Gasteiger partial charge is 0.342 e. The molecule has 56 valence electrons. The molecule has 1 atom stereocenters. The summed E-state index contributed by atoms with van der Waals surface area (Å²) in [5.74, 6) is 0. The first-order chi connectivity index (χ1) is 3.95. The van der Waals surface area contributed by atoms with E-state index >= 15 is 0 Å². The smallest absolute Gasteiger partial charge is 0.126 e. The molecule has 0 aliphatic heterocycles. The Morgan fingerprint density at radius 3 is 2.00 bits per heavy atom. The summed E-state index contributed by atoms with van der Waals surface area (Å²) in [4.78, 5) is 0.372. The Labute approximate surface area is 79.1 Å². The van der Waals surface area contributed by atoms with Crippen molar-refractivity contribution >= 4 is 55.2 Å². The van der Waals surface area contributed by atoms with Gasteiger partial charge in [-0.2, -0.15) is 0 Å². The van der Waals surface area contributed by atoms with Gasteiger partial charge in [0.15, 0.2) is 0 Å². The summed E-state index contributed by atoms with van der Waals surface area (Å²) in [5.41, 5.74) is 0. The van der Waals surface area contributed by atoms with Crippen LogP contribution in [0.2, 0.25) is 6.04 Å². The number of alkyl halides is 1. The van der Waals surface area contributed by atoms with E-state index in [1.165, 1.54) is 0 Å². The summed E-state index contributed by atoms with van der Waals surface area (Å²) >= 11 is 20.3. The van der Waals surface area contributed by atoms with Gasteiger partial charge in [0.25, 0.3) is 0 Å². The van der Waals surface area contributed by atoms with Gasteiger partial charge in [-0.25, -0.2) is 0 Å². The summed E-state index contributed by atoms with van der Waals surface area (Å²) in [6.07, 6.45) is 1.01. The van der Waals surface area contributed by atoms with Crippen molar-refractivity contribution in [2.45, 2.75) is 24.2 Å². The SMILES string of the molecule is CCC(Br)C[Si](Cl)(Cl)Cl. The average Bonchev–Trinajstić information content (AvgIpc) is 1.62. The maximum Gasteiger partial charge on any atom is 0.342 e. The van der Waals surface area contributed by atoms with Crippen molar-refractivity contribution in [2.24, 2.45) is 0 Å². The summed E-state index contributed by atoms with van der Waals surface area (Å²) in [6.45, 7) is 2.06. The third-order valence-corrected chi connectivity index (χ3v) is 4.81. The van der Waals surface area contributed by atoms with E-state index < -0.39 is 6.00 Å². The van der Waals surface area contributed by atoms with E-state index in [4.69, 9.17) is 33.2 Å². The first kappa shape index (κ1) is 10.6. The molecule has 0 heterocycles. The Balaban J connectivity index is 3.47.